The van der Waals surface area contributed by atoms with Gasteiger partial charge in [0.1, 0.15) is 0 Å². The van der Waals surface area contributed by atoms with Crippen LogP contribution >= 0.6 is 0 Å². The van der Waals surface area contributed by atoms with E-state index in [4.69, 9.17) is 0 Å². The van der Waals surface area contributed by atoms with Crippen LogP contribution in [0.4, 0.5) is 0 Å². The zero-order chi connectivity index (χ0) is 29.5. The Morgan fingerprint density at radius 3 is 1.51 bits per heavy atom. The fraction of sp³-hybridized carbons (Fsp3) is 0. The van der Waals surface area contributed by atoms with Crippen LogP contribution in [0.1, 0.15) is 0 Å². The van der Waals surface area contributed by atoms with Gasteiger partial charge in [-0.05, 0) is 95.7 Å². The number of rotatable bonds is 3. The molecular weight excluding hydrogens is 546 g/mol. The van der Waals surface area contributed by atoms with Gasteiger partial charge in [0.2, 0.25) is 0 Å². The monoisotopic (exact) mass is 573 g/mol. The van der Waals surface area contributed by atoms with E-state index in [0.717, 1.165) is 5.69 Å². The summed E-state index contributed by atoms with van der Waals surface area (Å²) in [6.45, 7) is 0. The number of aromatic nitrogens is 3. The Hall–Kier alpha value is -6.06. The van der Waals surface area contributed by atoms with Gasteiger partial charge in [-0.25, -0.2) is 0 Å². The fourth-order valence-corrected chi connectivity index (χ4v) is 7.39. The lowest BCUT2D eigenvalue weighted by Gasteiger charge is -2.10. The summed E-state index contributed by atoms with van der Waals surface area (Å²) in [5, 5.41) is 8.78. The minimum absolute atomic E-state index is 1.16. The largest absolute Gasteiger partial charge is 0.317 e. The normalized spacial score (nSPS) is 12.0. The first-order chi connectivity index (χ1) is 22.3. The van der Waals surface area contributed by atoms with Crippen molar-refractivity contribution in [2.75, 3.05) is 0 Å². The first-order valence-corrected chi connectivity index (χ1v) is 15.4. The average Bonchev–Trinajstić information content (AvgIpc) is 3.76. The number of para-hydroxylation sites is 4. The summed E-state index contributed by atoms with van der Waals surface area (Å²) in [5.74, 6) is 0. The fourth-order valence-electron chi connectivity index (χ4n) is 7.39. The minimum atomic E-state index is 1.16. The predicted molar refractivity (Wildman–Crippen MR) is 189 cm³/mol. The molecule has 3 nitrogen and oxygen atoms in total. The Kier molecular flexibility index (Phi) is 5.00. The molecule has 0 N–H and O–H groups in total. The van der Waals surface area contributed by atoms with Gasteiger partial charge in [0.05, 0.1) is 27.6 Å². The molecule has 0 amide bonds. The predicted octanol–water partition coefficient (Wildman–Crippen LogP) is 11.0. The number of benzene rings is 7. The molecule has 0 spiro atoms. The van der Waals surface area contributed by atoms with Gasteiger partial charge in [0, 0.05) is 50.2 Å². The van der Waals surface area contributed by atoms with Gasteiger partial charge in [-0.3, -0.25) is 0 Å². The van der Waals surface area contributed by atoms with Crippen LogP contribution in [0.5, 0.6) is 0 Å². The first-order valence-electron chi connectivity index (χ1n) is 15.4. The summed E-state index contributed by atoms with van der Waals surface area (Å²) in [6.07, 6.45) is 2.21. The third kappa shape index (κ3) is 3.52. The van der Waals surface area contributed by atoms with E-state index >= 15 is 0 Å². The Labute approximate surface area is 259 Å². The molecule has 0 saturated heterocycles. The smallest absolute Gasteiger partial charge is 0.0547 e. The van der Waals surface area contributed by atoms with Crippen LogP contribution in [0, 0.1) is 0 Å². The first kappa shape index (κ1) is 24.4. The van der Waals surface area contributed by atoms with Crippen LogP contribution in [-0.2, 0) is 0 Å². The third-order valence-electron chi connectivity index (χ3n) is 9.40. The summed E-state index contributed by atoms with van der Waals surface area (Å²) < 4.78 is 7.09. The van der Waals surface area contributed by atoms with Gasteiger partial charge in [0.15, 0.2) is 0 Å². The van der Waals surface area contributed by atoms with Crippen molar-refractivity contribution in [2.24, 2.45) is 0 Å². The molecule has 3 heterocycles. The molecule has 45 heavy (non-hydrogen) atoms. The van der Waals surface area contributed by atoms with E-state index in [9.17, 15) is 0 Å². The summed E-state index contributed by atoms with van der Waals surface area (Å²) in [4.78, 5) is 0. The highest BCUT2D eigenvalue weighted by atomic mass is 15.0. The second kappa shape index (κ2) is 9.22. The van der Waals surface area contributed by atoms with Crippen LogP contribution in [0.2, 0.25) is 0 Å². The maximum atomic E-state index is 2.39. The molecule has 0 aliphatic carbocycles. The molecule has 0 fully saturated rings. The highest BCUT2D eigenvalue weighted by Crippen LogP contribution is 2.38. The van der Waals surface area contributed by atoms with E-state index in [2.05, 4.69) is 178 Å². The van der Waals surface area contributed by atoms with Crippen LogP contribution in [0.15, 0.2) is 164 Å². The van der Waals surface area contributed by atoms with Crippen molar-refractivity contribution in [3.8, 4) is 17.1 Å². The minimum Gasteiger partial charge on any atom is -0.317 e. The maximum Gasteiger partial charge on any atom is 0.0547 e. The molecule has 0 aliphatic rings. The van der Waals surface area contributed by atoms with Crippen molar-refractivity contribution in [2.45, 2.75) is 0 Å². The number of hydrogen-bond acceptors (Lipinski definition) is 0. The molecule has 0 aliphatic heterocycles. The Bertz CT molecular complexity index is 2740. The van der Waals surface area contributed by atoms with Gasteiger partial charge >= 0.3 is 0 Å². The van der Waals surface area contributed by atoms with Crippen LogP contribution in [-0.4, -0.2) is 13.7 Å². The lowest BCUT2D eigenvalue weighted by atomic mass is 10.0. The molecule has 0 radical (unpaired) electrons. The topological polar surface area (TPSA) is 14.8 Å². The van der Waals surface area contributed by atoms with Crippen LogP contribution in [0.25, 0.3) is 82.3 Å². The molecule has 0 bridgehead atoms. The molecule has 7 aromatic carbocycles. The Morgan fingerprint density at radius 1 is 0.289 bits per heavy atom. The van der Waals surface area contributed by atoms with Crippen molar-refractivity contribution in [1.82, 2.24) is 13.7 Å². The van der Waals surface area contributed by atoms with E-state index in [1.54, 1.807) is 0 Å². The summed E-state index contributed by atoms with van der Waals surface area (Å²) >= 11 is 0. The molecular formula is C42H27N3. The second-order valence-electron chi connectivity index (χ2n) is 11.9. The highest BCUT2D eigenvalue weighted by Gasteiger charge is 2.16. The van der Waals surface area contributed by atoms with Crippen molar-refractivity contribution in [3.05, 3.63) is 164 Å². The van der Waals surface area contributed by atoms with Crippen LogP contribution in [0.3, 0.4) is 0 Å². The van der Waals surface area contributed by atoms with Crippen molar-refractivity contribution >= 4 is 65.3 Å². The number of hydrogen-bond donors (Lipinski definition) is 0. The van der Waals surface area contributed by atoms with Crippen molar-refractivity contribution < 1.29 is 0 Å². The molecule has 10 rings (SSSR count). The van der Waals surface area contributed by atoms with E-state index in [-0.39, 0.29) is 0 Å². The zero-order valence-corrected chi connectivity index (χ0v) is 24.4. The Balaban J connectivity index is 1.19. The molecule has 0 unspecified atom stereocenters. The quantitative estimate of drug-likeness (QED) is 0.200. The summed E-state index contributed by atoms with van der Waals surface area (Å²) in [6, 6.07) is 57.3. The Morgan fingerprint density at radius 2 is 0.822 bits per heavy atom. The highest BCUT2D eigenvalue weighted by molar-refractivity contribution is 6.15. The number of nitrogens with zero attached hydrogens (tertiary/aromatic N) is 3. The molecule has 3 aromatic heterocycles. The summed E-state index contributed by atoms with van der Waals surface area (Å²) in [5.41, 5.74) is 9.62. The third-order valence-corrected chi connectivity index (χ3v) is 9.40. The maximum absolute atomic E-state index is 2.39. The van der Waals surface area contributed by atoms with E-state index in [1.165, 1.54) is 76.7 Å². The summed E-state index contributed by atoms with van der Waals surface area (Å²) in [7, 11) is 0. The lowest BCUT2D eigenvalue weighted by molar-refractivity contribution is 1.13. The average molecular weight is 574 g/mol. The number of fused-ring (bicyclic) bond motifs is 8. The van der Waals surface area contributed by atoms with Crippen LogP contribution < -0.4 is 0 Å². The molecule has 10 aromatic rings. The second-order valence-corrected chi connectivity index (χ2v) is 11.9. The van der Waals surface area contributed by atoms with E-state index < -0.39 is 0 Å². The standard InChI is InChI=1S/C42H27N3/c1-3-11-31(12-4-1)44-38-17-9-8-16-35(38)37-27-33(19-20-40(37)44)43-22-21-28-23-29-26-42-36(24-30(29)25-41(28)43)34-15-7-10-18-39(34)45(42)32-13-5-2-6-14-32/h1-27H. The SMILES string of the molecule is c1ccc(-n2c3ccccc3c3cc(-n4ccc5cc6cc7c(cc6cc54)c4ccccc4n7-c4ccccc4)ccc32)cc1. The molecule has 0 atom stereocenters. The van der Waals surface area contributed by atoms with Crippen molar-refractivity contribution in [3.63, 3.8) is 0 Å². The molecule has 210 valence electrons. The van der Waals surface area contributed by atoms with Gasteiger partial charge in [0.25, 0.3) is 0 Å². The van der Waals surface area contributed by atoms with Gasteiger partial charge in [-0.15, -0.1) is 0 Å². The van der Waals surface area contributed by atoms with E-state index in [0.29, 0.717) is 0 Å². The molecule has 3 heteroatoms. The van der Waals surface area contributed by atoms with E-state index in [1.807, 2.05) is 0 Å². The lowest BCUT2D eigenvalue weighted by Crippen LogP contribution is -1.95. The zero-order valence-electron chi connectivity index (χ0n) is 24.4. The van der Waals surface area contributed by atoms with Crippen molar-refractivity contribution in [1.29, 1.82) is 0 Å². The van der Waals surface area contributed by atoms with Gasteiger partial charge in [-0.2, -0.15) is 0 Å². The van der Waals surface area contributed by atoms with Gasteiger partial charge in [-0.1, -0.05) is 72.8 Å². The molecule has 0 saturated carbocycles. The van der Waals surface area contributed by atoms with Gasteiger partial charge < -0.3 is 13.7 Å².